The molecule has 2 nitrogen and oxygen atoms in total. The van der Waals surface area contributed by atoms with Gasteiger partial charge in [-0.05, 0) is 26.7 Å². The highest BCUT2D eigenvalue weighted by Gasteiger charge is 2.10. The molecule has 2 heteroatoms. The van der Waals surface area contributed by atoms with E-state index in [1.165, 1.54) is 0 Å². The van der Waals surface area contributed by atoms with Crippen LogP contribution < -0.4 is 0 Å². The Morgan fingerprint density at radius 2 is 2.12 bits per heavy atom. The van der Waals surface area contributed by atoms with Crippen LogP contribution in [-0.4, -0.2) is 22.4 Å². The summed E-state index contributed by atoms with van der Waals surface area (Å²) in [5.41, 5.74) is -0.858. The summed E-state index contributed by atoms with van der Waals surface area (Å²) in [6.45, 7) is 5.21. The van der Waals surface area contributed by atoms with E-state index in [0.29, 0.717) is 12.8 Å². The third kappa shape index (κ3) is 5.92. The summed E-state index contributed by atoms with van der Waals surface area (Å²) in [5.74, 6) is 0. The zero-order valence-corrected chi connectivity index (χ0v) is 5.22. The highest BCUT2D eigenvalue weighted by molar-refractivity contribution is 4.73. The molecule has 0 spiro atoms. The van der Waals surface area contributed by atoms with Crippen molar-refractivity contribution in [1.82, 2.24) is 0 Å². The summed E-state index contributed by atoms with van der Waals surface area (Å²) in [6, 6.07) is 0. The van der Waals surface area contributed by atoms with Crippen LogP contribution in [-0.2, 0) is 0 Å². The zero-order chi connectivity index (χ0) is 6.62. The number of hydrogen-bond acceptors (Lipinski definition) is 2. The van der Waals surface area contributed by atoms with Gasteiger partial charge in [0.05, 0.1) is 5.60 Å². The van der Waals surface area contributed by atoms with Gasteiger partial charge in [-0.15, -0.1) is 0 Å². The van der Waals surface area contributed by atoms with E-state index in [9.17, 15) is 0 Å². The van der Waals surface area contributed by atoms with Crippen molar-refractivity contribution in [3.8, 4) is 0 Å². The maximum Gasteiger partial charge on any atom is 0.0621 e. The molecule has 0 aromatic rings. The topological polar surface area (TPSA) is 40.5 Å². The zero-order valence-electron chi connectivity index (χ0n) is 5.22. The summed E-state index contributed by atoms with van der Waals surface area (Å²) >= 11 is 0. The smallest absolute Gasteiger partial charge is 0.0621 e. The molecule has 0 saturated carbocycles. The third-order valence-electron chi connectivity index (χ3n) is 0.873. The van der Waals surface area contributed by atoms with Crippen molar-refractivity contribution in [3.05, 3.63) is 6.92 Å². The summed E-state index contributed by atoms with van der Waals surface area (Å²) in [6.07, 6.45) is 1.18. The minimum absolute atomic E-state index is 0.131. The number of aliphatic hydroxyl groups excluding tert-OH is 1. The van der Waals surface area contributed by atoms with Crippen molar-refractivity contribution in [2.75, 3.05) is 6.61 Å². The Morgan fingerprint density at radius 3 is 2.25 bits per heavy atom. The quantitative estimate of drug-likeness (QED) is 0.559. The Labute approximate surface area is 50.2 Å². The average molecular weight is 117 g/mol. The second-order valence-corrected chi connectivity index (χ2v) is 2.32. The summed E-state index contributed by atoms with van der Waals surface area (Å²) in [5, 5.41) is 17.2. The molecule has 0 aromatic carbocycles. The van der Waals surface area contributed by atoms with E-state index in [4.69, 9.17) is 10.2 Å². The predicted octanol–water partition coefficient (Wildman–Crippen LogP) is 0.344. The second kappa shape index (κ2) is 3.05. The lowest BCUT2D eigenvalue weighted by atomic mass is 10.0. The Kier molecular flexibility index (Phi) is 3.02. The normalized spacial score (nSPS) is 12.0. The predicted molar refractivity (Wildman–Crippen MR) is 32.3 cm³/mol. The fourth-order valence-electron chi connectivity index (χ4n) is 0.460. The van der Waals surface area contributed by atoms with Gasteiger partial charge < -0.3 is 10.2 Å². The lowest BCUT2D eigenvalue weighted by molar-refractivity contribution is 0.0890. The Hall–Kier alpha value is -0.0800. The van der Waals surface area contributed by atoms with Gasteiger partial charge in [-0.1, -0.05) is 0 Å². The van der Waals surface area contributed by atoms with Gasteiger partial charge in [0.1, 0.15) is 0 Å². The van der Waals surface area contributed by atoms with E-state index in [-0.39, 0.29) is 6.61 Å². The molecule has 8 heavy (non-hydrogen) atoms. The Morgan fingerprint density at radius 1 is 1.62 bits per heavy atom. The van der Waals surface area contributed by atoms with Crippen molar-refractivity contribution >= 4 is 0 Å². The summed E-state index contributed by atoms with van der Waals surface area (Å²) < 4.78 is 0. The molecule has 0 bridgehead atoms. The van der Waals surface area contributed by atoms with Gasteiger partial charge in [-0.2, -0.15) is 0 Å². The molecule has 0 saturated heterocycles. The molecular weight excluding hydrogens is 104 g/mol. The van der Waals surface area contributed by atoms with Crippen LogP contribution in [0.25, 0.3) is 0 Å². The van der Waals surface area contributed by atoms with E-state index in [1.54, 1.807) is 6.92 Å². The van der Waals surface area contributed by atoms with Crippen LogP contribution in [0.1, 0.15) is 19.8 Å². The molecule has 0 aliphatic carbocycles. The molecule has 0 amide bonds. The molecule has 1 atom stereocenters. The van der Waals surface area contributed by atoms with Gasteiger partial charge in [-0.25, -0.2) is 0 Å². The van der Waals surface area contributed by atoms with Gasteiger partial charge in [0.2, 0.25) is 0 Å². The fourth-order valence-corrected chi connectivity index (χ4v) is 0.460. The first-order chi connectivity index (χ1) is 3.56. The minimum atomic E-state index is -0.858. The molecule has 1 radical (unpaired) electrons. The third-order valence-corrected chi connectivity index (χ3v) is 0.873. The Bertz CT molecular complexity index is 54.0. The van der Waals surface area contributed by atoms with Crippen LogP contribution in [0, 0.1) is 6.92 Å². The second-order valence-electron chi connectivity index (χ2n) is 2.32. The van der Waals surface area contributed by atoms with E-state index < -0.39 is 5.60 Å². The Balaban J connectivity index is 3.11. The SMILES string of the molecule is [CH2]C(C)(O)CCCO. The molecule has 1 unspecified atom stereocenters. The van der Waals surface area contributed by atoms with Crippen molar-refractivity contribution in [2.45, 2.75) is 25.4 Å². The summed E-state index contributed by atoms with van der Waals surface area (Å²) in [7, 11) is 0. The van der Waals surface area contributed by atoms with Crippen LogP contribution in [0.4, 0.5) is 0 Å². The van der Waals surface area contributed by atoms with E-state index >= 15 is 0 Å². The minimum Gasteiger partial charge on any atom is -0.396 e. The average Bonchev–Trinajstić information content (AvgIpc) is 1.59. The monoisotopic (exact) mass is 117 g/mol. The number of aliphatic hydroxyl groups is 2. The van der Waals surface area contributed by atoms with E-state index in [1.807, 2.05) is 0 Å². The van der Waals surface area contributed by atoms with Gasteiger partial charge >= 0.3 is 0 Å². The standard InChI is InChI=1S/C6H13O2/c1-6(2,8)4-3-5-7/h7-8H,1,3-5H2,2H3. The molecule has 49 valence electrons. The molecule has 0 aromatic heterocycles. The largest absolute Gasteiger partial charge is 0.396 e. The molecule has 2 N–H and O–H groups in total. The molecule has 0 aliphatic heterocycles. The molecule has 0 rings (SSSR count). The van der Waals surface area contributed by atoms with Gasteiger partial charge in [0, 0.05) is 6.61 Å². The van der Waals surface area contributed by atoms with Gasteiger partial charge in [-0.3, -0.25) is 0 Å². The van der Waals surface area contributed by atoms with E-state index in [0.717, 1.165) is 0 Å². The van der Waals surface area contributed by atoms with E-state index in [2.05, 4.69) is 6.92 Å². The van der Waals surface area contributed by atoms with Crippen LogP contribution >= 0.6 is 0 Å². The summed E-state index contributed by atoms with van der Waals surface area (Å²) in [4.78, 5) is 0. The van der Waals surface area contributed by atoms with Crippen LogP contribution in [0.5, 0.6) is 0 Å². The van der Waals surface area contributed by atoms with Crippen molar-refractivity contribution in [1.29, 1.82) is 0 Å². The molecule has 0 fully saturated rings. The van der Waals surface area contributed by atoms with Crippen molar-refractivity contribution < 1.29 is 10.2 Å². The maximum atomic E-state index is 8.93. The van der Waals surface area contributed by atoms with Crippen molar-refractivity contribution in [3.63, 3.8) is 0 Å². The first kappa shape index (κ1) is 7.92. The lowest BCUT2D eigenvalue weighted by Crippen LogP contribution is -2.18. The first-order valence-electron chi connectivity index (χ1n) is 2.75. The van der Waals surface area contributed by atoms with Crippen LogP contribution in [0.15, 0.2) is 0 Å². The van der Waals surface area contributed by atoms with Gasteiger partial charge in [0.15, 0.2) is 0 Å². The number of hydrogen-bond donors (Lipinski definition) is 2. The first-order valence-corrected chi connectivity index (χ1v) is 2.75. The molecule has 0 heterocycles. The maximum absolute atomic E-state index is 8.93. The molecule has 0 aliphatic rings. The molecular formula is C6H13O2. The van der Waals surface area contributed by atoms with Crippen LogP contribution in [0.2, 0.25) is 0 Å². The fraction of sp³-hybridized carbons (Fsp3) is 0.833. The highest BCUT2D eigenvalue weighted by Crippen LogP contribution is 2.07. The van der Waals surface area contributed by atoms with Crippen molar-refractivity contribution in [2.24, 2.45) is 0 Å². The highest BCUT2D eigenvalue weighted by atomic mass is 16.3. The lowest BCUT2D eigenvalue weighted by Gasteiger charge is -2.14. The number of rotatable bonds is 3. The van der Waals surface area contributed by atoms with Gasteiger partial charge in [0.25, 0.3) is 0 Å². The van der Waals surface area contributed by atoms with Crippen LogP contribution in [0.3, 0.4) is 0 Å².